The van der Waals surface area contributed by atoms with Crippen LogP contribution < -0.4 is 10.9 Å². The van der Waals surface area contributed by atoms with Crippen molar-refractivity contribution >= 4 is 11.6 Å². The molecule has 5 heteroatoms. The number of aryl methyl sites for hydroxylation is 4. The minimum atomic E-state index is -0.305. The highest BCUT2D eigenvalue weighted by Crippen LogP contribution is 2.24. The number of carbonyl (C=O) groups excluding carboxylic acids is 1. The SMILES string of the molecule is Cc1cc(C)c(-c2ccc(=O)n(CC(=O)Nc3ccccc3C)n2)cc1C. The van der Waals surface area contributed by atoms with Crippen molar-refractivity contribution in [2.45, 2.75) is 34.2 Å². The van der Waals surface area contributed by atoms with Gasteiger partial charge in [-0.25, -0.2) is 4.68 Å². The van der Waals surface area contributed by atoms with E-state index >= 15 is 0 Å². The first-order chi connectivity index (χ1) is 12.8. The molecule has 0 bridgehead atoms. The molecular weight excluding hydrogens is 338 g/mol. The number of benzene rings is 2. The Kier molecular flexibility index (Phi) is 5.21. The molecular formula is C22H23N3O2. The molecule has 3 rings (SSSR count). The summed E-state index contributed by atoms with van der Waals surface area (Å²) in [6, 6.07) is 14.8. The summed E-state index contributed by atoms with van der Waals surface area (Å²) in [5.74, 6) is -0.284. The van der Waals surface area contributed by atoms with Gasteiger partial charge in [-0.2, -0.15) is 5.10 Å². The van der Waals surface area contributed by atoms with Crippen molar-refractivity contribution in [1.82, 2.24) is 9.78 Å². The molecule has 0 unspecified atom stereocenters. The van der Waals surface area contributed by atoms with Crippen LogP contribution in [-0.4, -0.2) is 15.7 Å². The Morgan fingerprint density at radius 2 is 1.63 bits per heavy atom. The number of hydrogen-bond acceptors (Lipinski definition) is 3. The predicted molar refractivity (Wildman–Crippen MR) is 108 cm³/mol. The third-order valence-corrected chi connectivity index (χ3v) is 4.70. The lowest BCUT2D eigenvalue weighted by Gasteiger charge is -2.12. The molecule has 27 heavy (non-hydrogen) atoms. The molecule has 0 spiro atoms. The monoisotopic (exact) mass is 361 g/mol. The first-order valence-electron chi connectivity index (χ1n) is 8.87. The van der Waals surface area contributed by atoms with E-state index in [4.69, 9.17) is 0 Å². The van der Waals surface area contributed by atoms with E-state index in [0.29, 0.717) is 5.69 Å². The smallest absolute Gasteiger partial charge is 0.267 e. The summed E-state index contributed by atoms with van der Waals surface area (Å²) in [6.07, 6.45) is 0. The number of carbonyl (C=O) groups is 1. The average molecular weight is 361 g/mol. The third-order valence-electron chi connectivity index (χ3n) is 4.70. The van der Waals surface area contributed by atoms with E-state index in [9.17, 15) is 9.59 Å². The van der Waals surface area contributed by atoms with Gasteiger partial charge < -0.3 is 5.32 Å². The Bertz CT molecular complexity index is 1070. The summed E-state index contributed by atoms with van der Waals surface area (Å²) in [7, 11) is 0. The maximum atomic E-state index is 12.4. The fourth-order valence-corrected chi connectivity index (χ4v) is 2.98. The van der Waals surface area contributed by atoms with Gasteiger partial charge in [-0.15, -0.1) is 0 Å². The zero-order valence-corrected chi connectivity index (χ0v) is 16.0. The summed E-state index contributed by atoms with van der Waals surface area (Å²) in [4.78, 5) is 24.6. The fourth-order valence-electron chi connectivity index (χ4n) is 2.98. The third kappa shape index (κ3) is 4.14. The first-order valence-corrected chi connectivity index (χ1v) is 8.87. The molecule has 2 aromatic carbocycles. The van der Waals surface area contributed by atoms with Gasteiger partial charge in [0.05, 0.1) is 5.69 Å². The second-order valence-corrected chi connectivity index (χ2v) is 6.83. The summed E-state index contributed by atoms with van der Waals surface area (Å²) in [5.41, 5.74) is 6.49. The Labute approximate surface area is 158 Å². The molecule has 5 nitrogen and oxygen atoms in total. The molecule has 1 heterocycles. The van der Waals surface area contributed by atoms with E-state index < -0.39 is 0 Å². The number of anilines is 1. The molecule has 0 saturated carbocycles. The maximum absolute atomic E-state index is 12.4. The minimum absolute atomic E-state index is 0.134. The van der Waals surface area contributed by atoms with Crippen molar-refractivity contribution in [3.8, 4) is 11.3 Å². The van der Waals surface area contributed by atoms with Crippen molar-refractivity contribution in [2.24, 2.45) is 0 Å². The molecule has 1 aromatic heterocycles. The van der Waals surface area contributed by atoms with Gasteiger partial charge in [-0.1, -0.05) is 24.3 Å². The zero-order valence-electron chi connectivity index (χ0n) is 16.0. The Hall–Kier alpha value is -3.21. The Balaban J connectivity index is 1.88. The fraction of sp³-hybridized carbons (Fsp3) is 0.227. The number of hydrogen-bond donors (Lipinski definition) is 1. The molecule has 3 aromatic rings. The molecule has 138 valence electrons. The molecule has 0 aliphatic heterocycles. The topological polar surface area (TPSA) is 64.0 Å². The molecule has 0 saturated heterocycles. The number of nitrogens with one attached hydrogen (secondary N) is 1. The van der Waals surface area contributed by atoms with E-state index in [1.54, 1.807) is 6.07 Å². The van der Waals surface area contributed by atoms with Crippen LogP contribution in [0.15, 0.2) is 53.3 Å². The molecule has 0 fully saturated rings. The van der Waals surface area contributed by atoms with Gasteiger partial charge >= 0.3 is 0 Å². The van der Waals surface area contributed by atoms with E-state index in [-0.39, 0.29) is 18.0 Å². The van der Waals surface area contributed by atoms with Crippen LogP contribution in [0.1, 0.15) is 22.3 Å². The molecule has 0 atom stereocenters. The Morgan fingerprint density at radius 1 is 0.926 bits per heavy atom. The highest BCUT2D eigenvalue weighted by atomic mass is 16.2. The predicted octanol–water partition coefficient (Wildman–Crippen LogP) is 3.78. The summed E-state index contributed by atoms with van der Waals surface area (Å²) < 4.78 is 1.21. The molecule has 0 radical (unpaired) electrons. The molecule has 1 N–H and O–H groups in total. The lowest BCUT2D eigenvalue weighted by atomic mass is 9.99. The number of rotatable bonds is 4. The average Bonchev–Trinajstić information content (AvgIpc) is 2.62. The minimum Gasteiger partial charge on any atom is -0.324 e. The second-order valence-electron chi connectivity index (χ2n) is 6.83. The van der Waals surface area contributed by atoms with Crippen molar-refractivity contribution in [1.29, 1.82) is 0 Å². The van der Waals surface area contributed by atoms with Crippen LogP contribution >= 0.6 is 0 Å². The van der Waals surface area contributed by atoms with Crippen molar-refractivity contribution in [3.05, 3.63) is 81.1 Å². The lowest BCUT2D eigenvalue weighted by molar-refractivity contribution is -0.117. The highest BCUT2D eigenvalue weighted by Gasteiger charge is 2.11. The van der Waals surface area contributed by atoms with Crippen LogP contribution in [0.25, 0.3) is 11.3 Å². The summed E-state index contributed by atoms with van der Waals surface area (Å²) in [6.45, 7) is 7.91. The highest BCUT2D eigenvalue weighted by molar-refractivity contribution is 5.91. The van der Waals surface area contributed by atoms with Gasteiger partial charge in [0.2, 0.25) is 5.91 Å². The van der Waals surface area contributed by atoms with Gasteiger partial charge in [0.25, 0.3) is 5.56 Å². The van der Waals surface area contributed by atoms with Gasteiger partial charge in [0, 0.05) is 17.3 Å². The van der Waals surface area contributed by atoms with Crippen LogP contribution in [0.3, 0.4) is 0 Å². The summed E-state index contributed by atoms with van der Waals surface area (Å²) >= 11 is 0. The van der Waals surface area contributed by atoms with Crippen LogP contribution in [0.5, 0.6) is 0 Å². The second kappa shape index (κ2) is 7.58. The standard InChI is InChI=1S/C22H23N3O2/c1-14-7-5-6-8-19(14)23-21(26)13-25-22(27)10-9-20(24-25)18-12-16(3)15(2)11-17(18)4/h5-12H,13H2,1-4H3,(H,23,26). The first kappa shape index (κ1) is 18.6. The van der Waals surface area contributed by atoms with Crippen LogP contribution in [-0.2, 0) is 11.3 Å². The molecule has 1 amide bonds. The lowest BCUT2D eigenvalue weighted by Crippen LogP contribution is -2.29. The van der Waals surface area contributed by atoms with Crippen LogP contribution in [0.2, 0.25) is 0 Å². The van der Waals surface area contributed by atoms with Crippen molar-refractivity contribution in [3.63, 3.8) is 0 Å². The number of aromatic nitrogens is 2. The van der Waals surface area contributed by atoms with Crippen LogP contribution in [0.4, 0.5) is 5.69 Å². The van der Waals surface area contributed by atoms with E-state index in [1.165, 1.54) is 16.3 Å². The van der Waals surface area contributed by atoms with Crippen molar-refractivity contribution < 1.29 is 4.79 Å². The largest absolute Gasteiger partial charge is 0.324 e. The molecule has 0 aliphatic carbocycles. The molecule has 0 aliphatic rings. The summed E-state index contributed by atoms with van der Waals surface area (Å²) in [5, 5.41) is 7.26. The number of nitrogens with zero attached hydrogens (tertiary/aromatic N) is 2. The Morgan fingerprint density at radius 3 is 2.37 bits per heavy atom. The zero-order chi connectivity index (χ0) is 19.6. The quantitative estimate of drug-likeness (QED) is 0.769. The number of para-hydroxylation sites is 1. The van der Waals surface area contributed by atoms with Gasteiger partial charge in [-0.3, -0.25) is 9.59 Å². The van der Waals surface area contributed by atoms with E-state index in [0.717, 1.165) is 27.9 Å². The normalized spacial score (nSPS) is 10.7. The van der Waals surface area contributed by atoms with Crippen LogP contribution in [0, 0.1) is 27.7 Å². The van der Waals surface area contributed by atoms with Gasteiger partial charge in [0.15, 0.2) is 0 Å². The van der Waals surface area contributed by atoms with Gasteiger partial charge in [-0.05, 0) is 68.1 Å². The van der Waals surface area contributed by atoms with E-state index in [1.807, 2.05) is 45.0 Å². The van der Waals surface area contributed by atoms with Gasteiger partial charge in [0.1, 0.15) is 6.54 Å². The maximum Gasteiger partial charge on any atom is 0.267 e. The van der Waals surface area contributed by atoms with Crippen molar-refractivity contribution in [2.75, 3.05) is 5.32 Å². The number of amides is 1. The van der Waals surface area contributed by atoms with E-state index in [2.05, 4.69) is 29.5 Å².